The maximum absolute atomic E-state index is 11.9. The van der Waals surface area contributed by atoms with Crippen molar-refractivity contribution in [3.63, 3.8) is 0 Å². The Morgan fingerprint density at radius 2 is 2.29 bits per heavy atom. The molecule has 0 aliphatic carbocycles. The number of hydrogen-bond acceptors (Lipinski definition) is 2. The van der Waals surface area contributed by atoms with Crippen LogP contribution in [0, 0.1) is 11.3 Å². The minimum atomic E-state index is -0.844. The van der Waals surface area contributed by atoms with Gasteiger partial charge in [-0.05, 0) is 47.5 Å². The topological polar surface area (TPSA) is 52.9 Å². The molecule has 0 aromatic heterocycles. The molecule has 1 N–H and O–H groups in total. The number of nitriles is 1. The molecule has 0 aliphatic heterocycles. The molecule has 1 rings (SSSR count). The van der Waals surface area contributed by atoms with E-state index in [9.17, 15) is 4.79 Å². The molecule has 0 bridgehead atoms. The van der Waals surface area contributed by atoms with Gasteiger partial charge in [-0.3, -0.25) is 4.79 Å². The van der Waals surface area contributed by atoms with Crippen molar-refractivity contribution in [2.45, 2.75) is 25.8 Å². The van der Waals surface area contributed by atoms with Gasteiger partial charge in [0.25, 0.3) is 5.91 Å². The minimum absolute atomic E-state index is 0.284. The number of nitrogens with zero attached hydrogens (tertiary/aromatic N) is 1. The highest BCUT2D eigenvalue weighted by Gasteiger charge is 2.24. The third-order valence-electron chi connectivity index (χ3n) is 2.53. The van der Waals surface area contributed by atoms with Gasteiger partial charge in [0.15, 0.2) is 0 Å². The first-order valence-corrected chi connectivity index (χ1v) is 6.28. The molecular weight excluding hydrogens is 304 g/mol. The molecule has 1 unspecified atom stereocenters. The second-order valence-corrected chi connectivity index (χ2v) is 5.14. The fourth-order valence-corrected chi connectivity index (χ4v) is 1.65. The number of carbonyl (C=O) groups excluding carboxylic acids is 1. The Balaban J connectivity index is 2.91. The largest absolute Gasteiger partial charge is 0.334 e. The van der Waals surface area contributed by atoms with Crippen molar-refractivity contribution in [3.8, 4) is 6.07 Å². The van der Waals surface area contributed by atoms with Gasteiger partial charge in [0.2, 0.25) is 0 Å². The lowest BCUT2D eigenvalue weighted by atomic mass is 10.0. The van der Waals surface area contributed by atoms with E-state index in [-0.39, 0.29) is 5.91 Å². The van der Waals surface area contributed by atoms with E-state index in [2.05, 4.69) is 27.3 Å². The Bertz CT molecular complexity index is 484. The Morgan fingerprint density at radius 3 is 2.76 bits per heavy atom. The normalized spacial score (nSPS) is 13.6. The fourth-order valence-electron chi connectivity index (χ4n) is 1.16. The molecule has 90 valence electrons. The molecule has 0 spiro atoms. The zero-order valence-electron chi connectivity index (χ0n) is 9.55. The number of benzene rings is 1. The lowest BCUT2D eigenvalue weighted by molar-refractivity contribution is 0.0923. The van der Waals surface area contributed by atoms with Crippen LogP contribution >= 0.6 is 27.5 Å². The molecular formula is C12H12BrClN2O. The maximum Gasteiger partial charge on any atom is 0.252 e. The zero-order valence-corrected chi connectivity index (χ0v) is 11.9. The van der Waals surface area contributed by atoms with E-state index < -0.39 is 5.54 Å². The molecule has 0 saturated carbocycles. The lowest BCUT2D eigenvalue weighted by Crippen LogP contribution is -2.44. The monoisotopic (exact) mass is 314 g/mol. The molecule has 0 fully saturated rings. The van der Waals surface area contributed by atoms with Crippen molar-refractivity contribution in [2.75, 3.05) is 0 Å². The molecule has 0 heterocycles. The number of halogens is 2. The highest BCUT2D eigenvalue weighted by molar-refractivity contribution is 9.10. The summed E-state index contributed by atoms with van der Waals surface area (Å²) in [4.78, 5) is 11.9. The Hall–Kier alpha value is -1.05. The van der Waals surface area contributed by atoms with Gasteiger partial charge in [0.05, 0.1) is 11.1 Å². The van der Waals surface area contributed by atoms with E-state index in [1.807, 2.05) is 6.92 Å². The molecule has 0 aliphatic rings. The van der Waals surface area contributed by atoms with E-state index >= 15 is 0 Å². The molecule has 5 heteroatoms. The summed E-state index contributed by atoms with van der Waals surface area (Å²) >= 11 is 9.09. The summed E-state index contributed by atoms with van der Waals surface area (Å²) in [6.07, 6.45) is 0.546. The summed E-state index contributed by atoms with van der Waals surface area (Å²) in [6.45, 7) is 3.54. The predicted molar refractivity (Wildman–Crippen MR) is 70.9 cm³/mol. The first-order chi connectivity index (χ1) is 7.91. The molecule has 17 heavy (non-hydrogen) atoms. The van der Waals surface area contributed by atoms with Gasteiger partial charge in [-0.2, -0.15) is 5.26 Å². The van der Waals surface area contributed by atoms with Crippen LogP contribution in [0.1, 0.15) is 30.6 Å². The smallest absolute Gasteiger partial charge is 0.252 e. The Morgan fingerprint density at radius 1 is 1.65 bits per heavy atom. The molecule has 1 aromatic carbocycles. The van der Waals surface area contributed by atoms with Crippen molar-refractivity contribution in [1.82, 2.24) is 5.32 Å². The van der Waals surface area contributed by atoms with Crippen LogP contribution in [-0.4, -0.2) is 11.4 Å². The van der Waals surface area contributed by atoms with Crippen molar-refractivity contribution in [3.05, 3.63) is 33.3 Å². The van der Waals surface area contributed by atoms with Crippen LogP contribution in [0.25, 0.3) is 0 Å². The standard InChI is InChI=1S/C12H12BrClN2O/c1-3-12(2,7-15)16-11(17)8-4-5-10(14)9(13)6-8/h4-6H,3H2,1-2H3,(H,16,17). The number of rotatable bonds is 3. The summed E-state index contributed by atoms with van der Waals surface area (Å²) in [6, 6.07) is 6.97. The van der Waals surface area contributed by atoms with E-state index in [0.717, 1.165) is 0 Å². The van der Waals surface area contributed by atoms with Crippen LogP contribution in [-0.2, 0) is 0 Å². The first-order valence-electron chi connectivity index (χ1n) is 5.10. The van der Waals surface area contributed by atoms with Crippen LogP contribution in [0.2, 0.25) is 5.02 Å². The zero-order chi connectivity index (χ0) is 13.1. The van der Waals surface area contributed by atoms with Gasteiger partial charge in [0, 0.05) is 10.0 Å². The Labute approximate surface area is 114 Å². The second-order valence-electron chi connectivity index (χ2n) is 3.88. The first kappa shape index (κ1) is 14.0. The summed E-state index contributed by atoms with van der Waals surface area (Å²) in [7, 11) is 0. The highest BCUT2D eigenvalue weighted by atomic mass is 79.9. The summed E-state index contributed by atoms with van der Waals surface area (Å²) in [5.41, 5.74) is -0.375. The van der Waals surface area contributed by atoms with Gasteiger partial charge in [-0.25, -0.2) is 0 Å². The minimum Gasteiger partial charge on any atom is -0.334 e. The van der Waals surface area contributed by atoms with Gasteiger partial charge < -0.3 is 5.32 Å². The van der Waals surface area contributed by atoms with Crippen molar-refractivity contribution < 1.29 is 4.79 Å². The van der Waals surface area contributed by atoms with Gasteiger partial charge in [0.1, 0.15) is 5.54 Å². The highest BCUT2D eigenvalue weighted by Crippen LogP contribution is 2.23. The average Bonchev–Trinajstić information content (AvgIpc) is 2.32. The van der Waals surface area contributed by atoms with E-state index in [0.29, 0.717) is 21.5 Å². The van der Waals surface area contributed by atoms with Crippen LogP contribution < -0.4 is 5.32 Å². The van der Waals surface area contributed by atoms with Gasteiger partial charge in [-0.15, -0.1) is 0 Å². The number of hydrogen-bond donors (Lipinski definition) is 1. The summed E-state index contributed by atoms with van der Waals surface area (Å²) < 4.78 is 0.655. The van der Waals surface area contributed by atoms with Crippen molar-refractivity contribution >= 4 is 33.4 Å². The SMILES string of the molecule is CCC(C)(C#N)NC(=O)c1ccc(Cl)c(Br)c1. The predicted octanol–water partition coefficient (Wildman–Crippen LogP) is 3.52. The second kappa shape index (κ2) is 5.52. The average molecular weight is 316 g/mol. The third kappa shape index (κ3) is 3.45. The molecule has 3 nitrogen and oxygen atoms in total. The van der Waals surface area contributed by atoms with Crippen molar-refractivity contribution in [1.29, 1.82) is 5.26 Å². The molecule has 1 amide bonds. The lowest BCUT2D eigenvalue weighted by Gasteiger charge is -2.21. The van der Waals surface area contributed by atoms with E-state index in [1.165, 1.54) is 0 Å². The van der Waals surface area contributed by atoms with Gasteiger partial charge in [-0.1, -0.05) is 18.5 Å². The van der Waals surface area contributed by atoms with Crippen molar-refractivity contribution in [2.24, 2.45) is 0 Å². The van der Waals surface area contributed by atoms with Crippen LogP contribution in [0.3, 0.4) is 0 Å². The third-order valence-corrected chi connectivity index (χ3v) is 3.74. The quantitative estimate of drug-likeness (QED) is 0.927. The molecule has 0 saturated heterocycles. The molecule has 1 atom stereocenters. The summed E-state index contributed by atoms with van der Waals surface area (Å²) in [5, 5.41) is 12.2. The Kier molecular flexibility index (Phi) is 4.55. The summed E-state index contributed by atoms with van der Waals surface area (Å²) in [5.74, 6) is -0.284. The van der Waals surface area contributed by atoms with E-state index in [4.69, 9.17) is 16.9 Å². The van der Waals surface area contributed by atoms with Crippen LogP contribution in [0.5, 0.6) is 0 Å². The fraction of sp³-hybridized carbons (Fsp3) is 0.333. The number of amides is 1. The number of nitrogens with one attached hydrogen (secondary N) is 1. The molecule has 0 radical (unpaired) electrons. The molecule has 1 aromatic rings. The maximum atomic E-state index is 11.9. The van der Waals surface area contributed by atoms with Crippen LogP contribution in [0.4, 0.5) is 0 Å². The number of carbonyl (C=O) groups is 1. The van der Waals surface area contributed by atoms with E-state index in [1.54, 1.807) is 25.1 Å². The van der Waals surface area contributed by atoms with Crippen LogP contribution in [0.15, 0.2) is 22.7 Å². The van der Waals surface area contributed by atoms with Gasteiger partial charge >= 0.3 is 0 Å².